The second-order valence-corrected chi connectivity index (χ2v) is 5.84. The third-order valence-electron chi connectivity index (χ3n) is 2.80. The number of fused-ring (bicyclic) bond motifs is 1. The van der Waals surface area contributed by atoms with Crippen molar-refractivity contribution < 1.29 is 0 Å². The van der Waals surface area contributed by atoms with Gasteiger partial charge in [0.2, 0.25) is 5.16 Å². The molecule has 0 aliphatic carbocycles. The van der Waals surface area contributed by atoms with E-state index in [9.17, 15) is 0 Å². The molecule has 20 heavy (non-hydrogen) atoms. The molecule has 1 aromatic heterocycles. The van der Waals surface area contributed by atoms with E-state index >= 15 is 0 Å². The zero-order chi connectivity index (χ0) is 14.1. The van der Waals surface area contributed by atoms with Crippen LogP contribution in [-0.2, 0) is 6.42 Å². The van der Waals surface area contributed by atoms with Crippen molar-refractivity contribution in [2.75, 3.05) is 12.0 Å². The van der Waals surface area contributed by atoms with Crippen LogP contribution in [0.25, 0.3) is 5.70 Å². The molecule has 2 aromatic rings. The number of benzene rings is 1. The van der Waals surface area contributed by atoms with Gasteiger partial charge >= 0.3 is 0 Å². The maximum absolute atomic E-state index is 6.23. The fourth-order valence-corrected chi connectivity index (χ4v) is 3.13. The van der Waals surface area contributed by atoms with Gasteiger partial charge in [-0.25, -0.2) is 4.68 Å². The summed E-state index contributed by atoms with van der Waals surface area (Å²) in [5, 5.41) is 12.1. The van der Waals surface area contributed by atoms with Crippen LogP contribution in [0.5, 0.6) is 0 Å². The average molecular weight is 328 g/mol. The molecule has 0 fully saturated rings. The minimum Gasteiger partial charge on any atom is -0.330 e. The molecule has 104 valence electrons. The average Bonchev–Trinajstić information content (AvgIpc) is 2.82. The first-order valence-corrected chi connectivity index (χ1v) is 7.56. The van der Waals surface area contributed by atoms with Gasteiger partial charge < -0.3 is 5.73 Å². The summed E-state index contributed by atoms with van der Waals surface area (Å²) in [7, 11) is 0. The van der Waals surface area contributed by atoms with Crippen LogP contribution >= 0.6 is 35.0 Å². The molecule has 0 bridgehead atoms. The molecule has 0 atom stereocenters. The number of nitrogens with two attached hydrogens (primary N) is 1. The van der Waals surface area contributed by atoms with Gasteiger partial charge in [0, 0.05) is 22.4 Å². The van der Waals surface area contributed by atoms with Gasteiger partial charge in [0.1, 0.15) is 0 Å². The Hall–Kier alpha value is -1.21. The predicted molar refractivity (Wildman–Crippen MR) is 82.4 cm³/mol. The van der Waals surface area contributed by atoms with Crippen molar-refractivity contribution in [1.29, 1.82) is 0 Å². The Bertz CT molecular complexity index is 682. The standard InChI is InChI=1S/C12H11Cl2N5S/c13-7-1-2-8(9(14)5-7)10-6-20-12-17-16-11(3-4-15)19(12)18-10/h1-2,5-6,18H,3-4,15H2. The SMILES string of the molecule is NCCc1nnc2n1NC(c1ccc(Cl)cc1Cl)=CS2. The fraction of sp³-hybridized carbons (Fsp3) is 0.167. The van der Waals surface area contributed by atoms with E-state index in [1.807, 2.05) is 16.2 Å². The van der Waals surface area contributed by atoms with E-state index in [2.05, 4.69) is 15.6 Å². The lowest BCUT2D eigenvalue weighted by Gasteiger charge is -2.19. The molecule has 0 spiro atoms. The molecule has 3 N–H and O–H groups in total. The van der Waals surface area contributed by atoms with Gasteiger partial charge in [-0.2, -0.15) is 0 Å². The molecule has 0 radical (unpaired) electrons. The van der Waals surface area contributed by atoms with Gasteiger partial charge in [0.05, 0.1) is 10.7 Å². The second kappa shape index (κ2) is 5.65. The van der Waals surface area contributed by atoms with Crippen molar-refractivity contribution in [2.24, 2.45) is 5.73 Å². The van der Waals surface area contributed by atoms with E-state index in [4.69, 9.17) is 28.9 Å². The van der Waals surface area contributed by atoms with E-state index < -0.39 is 0 Å². The lowest BCUT2D eigenvalue weighted by atomic mass is 10.2. The molecule has 0 saturated heterocycles. The fourth-order valence-electron chi connectivity index (χ4n) is 1.87. The number of aromatic nitrogens is 3. The molecular weight excluding hydrogens is 317 g/mol. The van der Waals surface area contributed by atoms with Gasteiger partial charge in [-0.1, -0.05) is 35.0 Å². The first kappa shape index (κ1) is 13.8. The number of nitrogens with zero attached hydrogens (tertiary/aromatic N) is 3. The van der Waals surface area contributed by atoms with Crippen LogP contribution in [0, 0.1) is 0 Å². The summed E-state index contributed by atoms with van der Waals surface area (Å²) in [5.41, 5.74) is 10.6. The highest BCUT2D eigenvalue weighted by molar-refractivity contribution is 8.02. The van der Waals surface area contributed by atoms with Crippen LogP contribution in [0.4, 0.5) is 0 Å². The number of hydrogen-bond acceptors (Lipinski definition) is 5. The quantitative estimate of drug-likeness (QED) is 0.907. The highest BCUT2D eigenvalue weighted by Crippen LogP contribution is 2.32. The maximum Gasteiger partial charge on any atom is 0.214 e. The Balaban J connectivity index is 1.93. The summed E-state index contributed by atoms with van der Waals surface area (Å²) < 4.78 is 1.83. The largest absolute Gasteiger partial charge is 0.330 e. The van der Waals surface area contributed by atoms with Gasteiger partial charge in [0.25, 0.3) is 0 Å². The van der Waals surface area contributed by atoms with Crippen molar-refractivity contribution in [1.82, 2.24) is 14.9 Å². The summed E-state index contributed by atoms with van der Waals surface area (Å²) in [6, 6.07) is 5.40. The summed E-state index contributed by atoms with van der Waals surface area (Å²) in [6.45, 7) is 0.519. The third kappa shape index (κ3) is 2.52. The Morgan fingerprint density at radius 3 is 2.90 bits per heavy atom. The molecule has 8 heteroatoms. The molecule has 3 rings (SSSR count). The van der Waals surface area contributed by atoms with Crippen molar-refractivity contribution in [3.63, 3.8) is 0 Å². The topological polar surface area (TPSA) is 68.8 Å². The van der Waals surface area contributed by atoms with Crippen molar-refractivity contribution >= 4 is 40.7 Å². The molecule has 2 heterocycles. The Morgan fingerprint density at radius 1 is 1.30 bits per heavy atom. The van der Waals surface area contributed by atoms with Gasteiger partial charge in [-0.3, -0.25) is 5.43 Å². The molecule has 1 aliphatic rings. The number of halogens is 2. The second-order valence-electron chi connectivity index (χ2n) is 4.16. The highest BCUT2D eigenvalue weighted by atomic mass is 35.5. The zero-order valence-electron chi connectivity index (χ0n) is 10.3. The van der Waals surface area contributed by atoms with Crippen molar-refractivity contribution in [2.45, 2.75) is 11.6 Å². The molecule has 5 nitrogen and oxygen atoms in total. The number of rotatable bonds is 3. The number of hydrogen-bond donors (Lipinski definition) is 2. The Kier molecular flexibility index (Phi) is 3.89. The first-order valence-electron chi connectivity index (χ1n) is 5.92. The summed E-state index contributed by atoms with van der Waals surface area (Å²) in [6.07, 6.45) is 0.655. The highest BCUT2D eigenvalue weighted by Gasteiger charge is 2.19. The van der Waals surface area contributed by atoms with Gasteiger partial charge in [-0.05, 0) is 24.7 Å². The molecule has 0 saturated carbocycles. The summed E-state index contributed by atoms with van der Waals surface area (Å²) >= 11 is 13.6. The van der Waals surface area contributed by atoms with Crippen molar-refractivity contribution in [3.05, 3.63) is 45.0 Å². The maximum atomic E-state index is 6.23. The lowest BCUT2D eigenvalue weighted by molar-refractivity contribution is 0.755. The van der Waals surface area contributed by atoms with Crippen LogP contribution in [0.1, 0.15) is 11.4 Å². The smallest absolute Gasteiger partial charge is 0.214 e. The monoisotopic (exact) mass is 327 g/mol. The molecule has 1 aromatic carbocycles. The lowest BCUT2D eigenvalue weighted by Crippen LogP contribution is -2.21. The Labute approximate surface area is 130 Å². The number of thioether (sulfide) groups is 1. The molecular formula is C12H11Cl2N5S. The summed E-state index contributed by atoms with van der Waals surface area (Å²) in [5.74, 6) is 0.797. The van der Waals surface area contributed by atoms with Gasteiger partial charge in [0.15, 0.2) is 5.82 Å². The zero-order valence-corrected chi connectivity index (χ0v) is 12.6. The molecule has 1 aliphatic heterocycles. The van der Waals surface area contributed by atoms with Crippen LogP contribution in [0.2, 0.25) is 10.0 Å². The third-order valence-corrected chi connectivity index (χ3v) is 4.18. The Morgan fingerprint density at radius 2 is 2.15 bits per heavy atom. The van der Waals surface area contributed by atoms with E-state index in [-0.39, 0.29) is 0 Å². The predicted octanol–water partition coefficient (Wildman–Crippen LogP) is 2.73. The molecule has 0 amide bonds. The minimum absolute atomic E-state index is 0.519. The minimum atomic E-state index is 0.519. The van der Waals surface area contributed by atoms with Crippen LogP contribution < -0.4 is 11.2 Å². The molecule has 0 unspecified atom stereocenters. The summed E-state index contributed by atoms with van der Waals surface area (Å²) in [4.78, 5) is 0. The van der Waals surface area contributed by atoms with Crippen molar-refractivity contribution in [3.8, 4) is 0 Å². The van der Waals surface area contributed by atoms with E-state index in [1.165, 1.54) is 11.8 Å². The van der Waals surface area contributed by atoms with E-state index in [1.54, 1.807) is 12.1 Å². The van der Waals surface area contributed by atoms with Gasteiger partial charge in [-0.15, -0.1) is 10.2 Å². The first-order chi connectivity index (χ1) is 9.69. The van der Waals surface area contributed by atoms with E-state index in [0.29, 0.717) is 23.0 Å². The van der Waals surface area contributed by atoms with Crippen LogP contribution in [-0.4, -0.2) is 21.4 Å². The van der Waals surface area contributed by atoms with Crippen LogP contribution in [0.15, 0.2) is 28.8 Å². The number of nitrogens with one attached hydrogen (secondary N) is 1. The van der Waals surface area contributed by atoms with Crippen LogP contribution in [0.3, 0.4) is 0 Å². The van der Waals surface area contributed by atoms with E-state index in [0.717, 1.165) is 22.2 Å². The normalized spacial score (nSPS) is 13.7.